The number of aliphatic imine (C=N–C) groups is 1. The Kier molecular flexibility index (Phi) is 1.50. The molecule has 1 N–H and O–H groups in total. The Bertz CT molecular complexity index is 188. The van der Waals surface area contributed by atoms with Crippen LogP contribution in [0.3, 0.4) is 0 Å². The van der Waals surface area contributed by atoms with Crippen LogP contribution in [0.2, 0.25) is 0 Å². The van der Waals surface area contributed by atoms with Crippen LogP contribution in [-0.4, -0.2) is 18.3 Å². The van der Waals surface area contributed by atoms with Gasteiger partial charge in [-0.25, -0.2) is 0 Å². The zero-order valence-electron chi connectivity index (χ0n) is 6.56. The number of rotatable bonds is 0. The molecule has 0 unspecified atom stereocenters. The maximum atomic E-state index is 11.0. The Hall–Kier alpha value is -0.860. The first-order valence-corrected chi connectivity index (χ1v) is 3.35. The van der Waals surface area contributed by atoms with Gasteiger partial charge in [0.15, 0.2) is 0 Å². The van der Waals surface area contributed by atoms with E-state index in [1.54, 1.807) is 0 Å². The maximum Gasteiger partial charge on any atom is 0.267 e. The lowest BCUT2D eigenvalue weighted by Crippen LogP contribution is -2.31. The Balaban J connectivity index is 2.82. The van der Waals surface area contributed by atoms with Crippen LogP contribution in [0.5, 0.6) is 0 Å². The number of hydrogen-bond donors (Lipinski definition) is 1. The summed E-state index contributed by atoms with van der Waals surface area (Å²) in [4.78, 5) is 15.0. The highest BCUT2D eigenvalue weighted by atomic mass is 16.2. The molecule has 1 aliphatic heterocycles. The SMILES string of the molecule is CC(C)(C)C1=NCNC1=O. The molecule has 0 aromatic rings. The van der Waals surface area contributed by atoms with Crippen molar-refractivity contribution in [2.75, 3.05) is 6.67 Å². The lowest BCUT2D eigenvalue weighted by molar-refractivity contribution is -0.114. The average Bonchev–Trinajstić information content (AvgIpc) is 2.11. The molecule has 56 valence electrons. The minimum Gasteiger partial charge on any atom is -0.332 e. The van der Waals surface area contributed by atoms with Gasteiger partial charge in [-0.1, -0.05) is 20.8 Å². The second-order valence-electron chi connectivity index (χ2n) is 3.42. The molecule has 1 aliphatic rings. The smallest absolute Gasteiger partial charge is 0.267 e. The highest BCUT2D eigenvalue weighted by Gasteiger charge is 2.28. The fourth-order valence-corrected chi connectivity index (χ4v) is 0.924. The van der Waals surface area contributed by atoms with Gasteiger partial charge in [0.25, 0.3) is 5.91 Å². The topological polar surface area (TPSA) is 41.5 Å². The zero-order chi connectivity index (χ0) is 7.78. The van der Waals surface area contributed by atoms with Gasteiger partial charge in [0.05, 0.1) is 0 Å². The predicted octanol–water partition coefficient (Wildman–Crippen LogP) is 0.561. The third-order valence-electron chi connectivity index (χ3n) is 1.40. The van der Waals surface area contributed by atoms with E-state index in [4.69, 9.17) is 0 Å². The van der Waals surface area contributed by atoms with E-state index in [0.717, 1.165) is 0 Å². The van der Waals surface area contributed by atoms with Crippen LogP contribution in [0, 0.1) is 5.41 Å². The maximum absolute atomic E-state index is 11.0. The van der Waals surface area contributed by atoms with Crippen LogP contribution in [-0.2, 0) is 4.79 Å². The molecule has 0 radical (unpaired) electrons. The normalized spacial score (nSPS) is 18.7. The summed E-state index contributed by atoms with van der Waals surface area (Å²) in [6, 6.07) is 0. The summed E-state index contributed by atoms with van der Waals surface area (Å²) in [5, 5.41) is 2.63. The fraction of sp³-hybridized carbons (Fsp3) is 0.714. The molecule has 1 heterocycles. The van der Waals surface area contributed by atoms with Gasteiger partial charge in [-0.15, -0.1) is 0 Å². The van der Waals surface area contributed by atoms with Gasteiger partial charge in [-0.3, -0.25) is 9.79 Å². The Morgan fingerprint density at radius 2 is 2.10 bits per heavy atom. The first-order chi connectivity index (χ1) is 4.52. The molecule has 0 fully saturated rings. The molecule has 3 heteroatoms. The second kappa shape index (κ2) is 2.08. The summed E-state index contributed by atoms with van der Waals surface area (Å²) in [6.07, 6.45) is 0. The van der Waals surface area contributed by atoms with Crippen molar-refractivity contribution in [3.63, 3.8) is 0 Å². The van der Waals surface area contributed by atoms with E-state index < -0.39 is 0 Å². The van der Waals surface area contributed by atoms with Gasteiger partial charge in [0, 0.05) is 5.41 Å². The minimum atomic E-state index is -0.111. The van der Waals surface area contributed by atoms with E-state index in [9.17, 15) is 4.79 Å². The van der Waals surface area contributed by atoms with Crippen molar-refractivity contribution in [3.8, 4) is 0 Å². The van der Waals surface area contributed by atoms with Crippen LogP contribution in [0.4, 0.5) is 0 Å². The number of nitrogens with zero attached hydrogens (tertiary/aromatic N) is 1. The highest BCUT2D eigenvalue weighted by molar-refractivity contribution is 6.41. The van der Waals surface area contributed by atoms with E-state index in [2.05, 4.69) is 10.3 Å². The standard InChI is InChI=1S/C7H12N2O/c1-7(2,3)5-6(10)9-4-8-5/h4H2,1-3H3,(H,9,10). The van der Waals surface area contributed by atoms with Crippen molar-refractivity contribution in [2.24, 2.45) is 10.4 Å². The number of hydrogen-bond acceptors (Lipinski definition) is 2. The summed E-state index contributed by atoms with van der Waals surface area (Å²) in [6.45, 7) is 6.40. The van der Waals surface area contributed by atoms with E-state index in [-0.39, 0.29) is 11.3 Å². The molecule has 0 spiro atoms. The monoisotopic (exact) mass is 140 g/mol. The van der Waals surface area contributed by atoms with Gasteiger partial charge in [-0.2, -0.15) is 0 Å². The van der Waals surface area contributed by atoms with Crippen molar-refractivity contribution in [3.05, 3.63) is 0 Å². The summed E-state index contributed by atoms with van der Waals surface area (Å²) in [5.74, 6) is -0.0208. The molecule has 1 amide bonds. The molecule has 1 rings (SSSR count). The Labute approximate surface area is 60.5 Å². The first-order valence-electron chi connectivity index (χ1n) is 3.35. The quantitative estimate of drug-likeness (QED) is 0.525. The van der Waals surface area contributed by atoms with Crippen LogP contribution >= 0.6 is 0 Å². The van der Waals surface area contributed by atoms with Crippen molar-refractivity contribution in [1.82, 2.24) is 5.32 Å². The number of carbonyl (C=O) groups excluding carboxylic acids is 1. The fourth-order valence-electron chi connectivity index (χ4n) is 0.924. The summed E-state index contributed by atoms with van der Waals surface area (Å²) >= 11 is 0. The molecule has 0 bridgehead atoms. The lowest BCUT2D eigenvalue weighted by atomic mass is 9.90. The second-order valence-corrected chi connectivity index (χ2v) is 3.42. The Morgan fingerprint density at radius 1 is 1.50 bits per heavy atom. The number of nitrogens with one attached hydrogen (secondary N) is 1. The van der Waals surface area contributed by atoms with Crippen LogP contribution in [0.15, 0.2) is 4.99 Å². The van der Waals surface area contributed by atoms with Gasteiger partial charge in [0.1, 0.15) is 12.4 Å². The summed E-state index contributed by atoms with van der Waals surface area (Å²) in [5.41, 5.74) is 0.549. The van der Waals surface area contributed by atoms with Crippen LogP contribution in [0.25, 0.3) is 0 Å². The molecule has 10 heavy (non-hydrogen) atoms. The third-order valence-corrected chi connectivity index (χ3v) is 1.40. The molecule has 0 aromatic carbocycles. The van der Waals surface area contributed by atoms with E-state index in [0.29, 0.717) is 12.4 Å². The first kappa shape index (κ1) is 7.25. The van der Waals surface area contributed by atoms with Gasteiger partial charge >= 0.3 is 0 Å². The summed E-state index contributed by atoms with van der Waals surface area (Å²) in [7, 11) is 0. The minimum absolute atomic E-state index is 0.0208. The predicted molar refractivity (Wildman–Crippen MR) is 39.9 cm³/mol. The number of carbonyl (C=O) groups is 1. The van der Waals surface area contributed by atoms with E-state index >= 15 is 0 Å². The summed E-state index contributed by atoms with van der Waals surface area (Å²) < 4.78 is 0. The van der Waals surface area contributed by atoms with Crippen molar-refractivity contribution in [1.29, 1.82) is 0 Å². The molecule has 0 aliphatic carbocycles. The molecule has 0 saturated heterocycles. The third kappa shape index (κ3) is 1.17. The van der Waals surface area contributed by atoms with Gasteiger partial charge in [-0.05, 0) is 0 Å². The molecule has 3 nitrogen and oxygen atoms in total. The molecule has 0 atom stereocenters. The van der Waals surface area contributed by atoms with E-state index in [1.165, 1.54) is 0 Å². The molecular weight excluding hydrogens is 128 g/mol. The lowest BCUT2D eigenvalue weighted by Gasteiger charge is -2.15. The van der Waals surface area contributed by atoms with Crippen LogP contribution < -0.4 is 5.32 Å². The Morgan fingerprint density at radius 3 is 2.30 bits per heavy atom. The average molecular weight is 140 g/mol. The van der Waals surface area contributed by atoms with Crippen LogP contribution in [0.1, 0.15) is 20.8 Å². The molecular formula is C7H12N2O. The van der Waals surface area contributed by atoms with Gasteiger partial charge < -0.3 is 5.32 Å². The number of amides is 1. The highest BCUT2D eigenvalue weighted by Crippen LogP contribution is 2.17. The van der Waals surface area contributed by atoms with Crippen molar-refractivity contribution >= 4 is 11.6 Å². The molecule has 0 aromatic heterocycles. The zero-order valence-corrected chi connectivity index (χ0v) is 6.56. The molecule has 0 saturated carbocycles. The van der Waals surface area contributed by atoms with Crippen molar-refractivity contribution in [2.45, 2.75) is 20.8 Å². The largest absolute Gasteiger partial charge is 0.332 e. The van der Waals surface area contributed by atoms with E-state index in [1.807, 2.05) is 20.8 Å². The van der Waals surface area contributed by atoms with Crippen molar-refractivity contribution < 1.29 is 4.79 Å². The van der Waals surface area contributed by atoms with Gasteiger partial charge in [0.2, 0.25) is 0 Å².